The van der Waals surface area contributed by atoms with Crippen LogP contribution in [0.25, 0.3) is 10.9 Å². The fraction of sp³-hybridized carbons (Fsp3) is 0.500. The number of hydrogen-bond donors (Lipinski definition) is 2. The molecule has 112 valence electrons. The lowest BCUT2D eigenvalue weighted by Crippen LogP contribution is -2.37. The van der Waals surface area contributed by atoms with E-state index < -0.39 is 0 Å². The number of hydrogen-bond acceptors (Lipinski definition) is 3. The van der Waals surface area contributed by atoms with Crippen LogP contribution >= 0.6 is 0 Å². The molecule has 1 aromatic carbocycles. The summed E-state index contributed by atoms with van der Waals surface area (Å²) in [5, 5.41) is 1.22. The first-order valence-corrected chi connectivity index (χ1v) is 7.98. The van der Waals surface area contributed by atoms with Gasteiger partial charge in [0.15, 0.2) is 0 Å². The van der Waals surface area contributed by atoms with Crippen molar-refractivity contribution in [1.29, 1.82) is 0 Å². The van der Waals surface area contributed by atoms with Gasteiger partial charge in [-0.25, -0.2) is 0 Å². The largest absolute Gasteiger partial charge is 0.271 e. The average molecular weight is 283 g/mol. The summed E-state index contributed by atoms with van der Waals surface area (Å²) in [5.41, 5.74) is 5.43. The Balaban J connectivity index is 1.98. The average Bonchev–Trinajstić information content (AvgIpc) is 2.47. The molecule has 1 saturated carbocycles. The Kier molecular flexibility index (Phi) is 4.22. The SMILES string of the molecule is CC1CC(C)CC(C(NN)c2ccnc3ccccc23)C1. The van der Waals surface area contributed by atoms with Crippen LogP contribution in [0.4, 0.5) is 0 Å². The molecule has 3 heteroatoms. The Morgan fingerprint density at radius 3 is 2.52 bits per heavy atom. The van der Waals surface area contributed by atoms with E-state index in [1.54, 1.807) is 0 Å². The monoisotopic (exact) mass is 283 g/mol. The van der Waals surface area contributed by atoms with Crippen molar-refractivity contribution in [3.05, 3.63) is 42.1 Å². The molecule has 0 saturated heterocycles. The number of para-hydroxylation sites is 1. The van der Waals surface area contributed by atoms with Crippen LogP contribution in [0, 0.1) is 17.8 Å². The van der Waals surface area contributed by atoms with Gasteiger partial charge in [-0.15, -0.1) is 0 Å². The molecule has 0 radical (unpaired) electrons. The highest BCUT2D eigenvalue weighted by Gasteiger charge is 2.31. The van der Waals surface area contributed by atoms with Gasteiger partial charge in [-0.2, -0.15) is 0 Å². The molecule has 1 aliphatic carbocycles. The van der Waals surface area contributed by atoms with Crippen LogP contribution in [-0.2, 0) is 0 Å². The summed E-state index contributed by atoms with van der Waals surface area (Å²) >= 11 is 0. The highest BCUT2D eigenvalue weighted by atomic mass is 15.2. The second-order valence-corrected chi connectivity index (χ2v) is 6.74. The summed E-state index contributed by atoms with van der Waals surface area (Å²) in [5.74, 6) is 8.10. The van der Waals surface area contributed by atoms with Gasteiger partial charge in [-0.1, -0.05) is 32.0 Å². The molecule has 1 aromatic heterocycles. The molecule has 1 heterocycles. The Labute approximate surface area is 126 Å². The Hall–Kier alpha value is -1.45. The topological polar surface area (TPSA) is 50.9 Å². The lowest BCUT2D eigenvalue weighted by atomic mass is 9.72. The van der Waals surface area contributed by atoms with Gasteiger partial charge in [0.25, 0.3) is 0 Å². The van der Waals surface area contributed by atoms with E-state index in [4.69, 9.17) is 5.84 Å². The summed E-state index contributed by atoms with van der Waals surface area (Å²) in [6.07, 6.45) is 5.73. The van der Waals surface area contributed by atoms with E-state index in [1.165, 1.54) is 30.2 Å². The van der Waals surface area contributed by atoms with Crippen molar-refractivity contribution in [1.82, 2.24) is 10.4 Å². The summed E-state index contributed by atoms with van der Waals surface area (Å²) in [7, 11) is 0. The molecular weight excluding hydrogens is 258 g/mol. The van der Waals surface area contributed by atoms with Crippen LogP contribution in [0.2, 0.25) is 0 Å². The molecule has 0 amide bonds. The third-order valence-electron chi connectivity index (χ3n) is 4.88. The second-order valence-electron chi connectivity index (χ2n) is 6.74. The maximum atomic E-state index is 5.95. The lowest BCUT2D eigenvalue weighted by molar-refractivity contribution is 0.177. The van der Waals surface area contributed by atoms with E-state index in [9.17, 15) is 0 Å². The zero-order chi connectivity index (χ0) is 14.8. The maximum absolute atomic E-state index is 5.95. The van der Waals surface area contributed by atoms with Crippen LogP contribution in [0.1, 0.15) is 44.7 Å². The minimum Gasteiger partial charge on any atom is -0.271 e. The number of rotatable bonds is 3. The quantitative estimate of drug-likeness (QED) is 0.665. The summed E-state index contributed by atoms with van der Waals surface area (Å²) in [6.45, 7) is 4.72. The summed E-state index contributed by atoms with van der Waals surface area (Å²) in [6, 6.07) is 10.7. The molecule has 1 aliphatic rings. The van der Waals surface area contributed by atoms with Crippen molar-refractivity contribution in [3.63, 3.8) is 0 Å². The third-order valence-corrected chi connectivity index (χ3v) is 4.88. The summed E-state index contributed by atoms with van der Waals surface area (Å²) in [4.78, 5) is 4.46. The van der Waals surface area contributed by atoms with Crippen LogP contribution in [0.15, 0.2) is 36.5 Å². The van der Waals surface area contributed by atoms with Gasteiger partial charge >= 0.3 is 0 Å². The number of nitrogens with two attached hydrogens (primary N) is 1. The van der Waals surface area contributed by atoms with E-state index in [0.717, 1.165) is 17.4 Å². The first kappa shape index (κ1) is 14.5. The van der Waals surface area contributed by atoms with Crippen LogP contribution in [0.3, 0.4) is 0 Å². The van der Waals surface area contributed by atoms with Crippen molar-refractivity contribution in [2.24, 2.45) is 23.6 Å². The smallest absolute Gasteiger partial charge is 0.0705 e. The Morgan fingerprint density at radius 2 is 1.81 bits per heavy atom. The van der Waals surface area contributed by atoms with Gasteiger partial charge in [0.2, 0.25) is 0 Å². The fourth-order valence-corrected chi connectivity index (χ4v) is 4.15. The zero-order valence-electron chi connectivity index (χ0n) is 12.9. The molecule has 3 nitrogen and oxygen atoms in total. The molecule has 1 fully saturated rings. The highest BCUT2D eigenvalue weighted by Crippen LogP contribution is 2.40. The van der Waals surface area contributed by atoms with Crippen molar-refractivity contribution in [2.45, 2.75) is 39.2 Å². The standard InChI is InChI=1S/C18H25N3/c1-12-9-13(2)11-14(10-12)18(21-19)16-7-8-20-17-6-4-3-5-15(16)17/h3-8,12-14,18,21H,9-11,19H2,1-2H3. The Morgan fingerprint density at radius 1 is 1.10 bits per heavy atom. The number of nitrogens with zero attached hydrogens (tertiary/aromatic N) is 1. The number of aromatic nitrogens is 1. The molecule has 21 heavy (non-hydrogen) atoms. The first-order chi connectivity index (χ1) is 10.2. The molecule has 0 bridgehead atoms. The number of benzene rings is 1. The van der Waals surface area contributed by atoms with Gasteiger partial charge in [-0.05, 0) is 54.7 Å². The first-order valence-electron chi connectivity index (χ1n) is 7.98. The van der Waals surface area contributed by atoms with E-state index >= 15 is 0 Å². The van der Waals surface area contributed by atoms with Crippen molar-refractivity contribution >= 4 is 10.9 Å². The normalized spacial score (nSPS) is 27.7. The number of fused-ring (bicyclic) bond motifs is 1. The fourth-order valence-electron chi connectivity index (χ4n) is 4.15. The van der Waals surface area contributed by atoms with E-state index in [-0.39, 0.29) is 6.04 Å². The zero-order valence-corrected chi connectivity index (χ0v) is 12.9. The highest BCUT2D eigenvalue weighted by molar-refractivity contribution is 5.82. The molecule has 3 atom stereocenters. The van der Waals surface area contributed by atoms with Crippen LogP contribution < -0.4 is 11.3 Å². The molecule has 3 unspecified atom stereocenters. The maximum Gasteiger partial charge on any atom is 0.0705 e. The van der Waals surface area contributed by atoms with Gasteiger partial charge in [0, 0.05) is 17.6 Å². The molecule has 0 aliphatic heterocycles. The molecule has 0 spiro atoms. The van der Waals surface area contributed by atoms with Crippen molar-refractivity contribution in [2.75, 3.05) is 0 Å². The minimum absolute atomic E-state index is 0.211. The lowest BCUT2D eigenvalue weighted by Gasteiger charge is -2.36. The van der Waals surface area contributed by atoms with Gasteiger partial charge in [0.05, 0.1) is 5.52 Å². The molecule has 3 N–H and O–H groups in total. The van der Waals surface area contributed by atoms with Gasteiger partial charge in [0.1, 0.15) is 0 Å². The summed E-state index contributed by atoms with van der Waals surface area (Å²) < 4.78 is 0. The van der Waals surface area contributed by atoms with Crippen molar-refractivity contribution in [3.8, 4) is 0 Å². The van der Waals surface area contributed by atoms with E-state index in [1.807, 2.05) is 12.3 Å². The molecular formula is C18H25N3. The van der Waals surface area contributed by atoms with E-state index in [0.29, 0.717) is 5.92 Å². The predicted molar refractivity (Wildman–Crippen MR) is 87.5 cm³/mol. The second kappa shape index (κ2) is 6.12. The molecule has 3 rings (SSSR count). The third kappa shape index (κ3) is 2.94. The van der Waals surface area contributed by atoms with E-state index in [2.05, 4.69) is 48.5 Å². The molecule has 2 aromatic rings. The van der Waals surface area contributed by atoms with Crippen LogP contribution in [-0.4, -0.2) is 4.98 Å². The number of pyridine rings is 1. The number of hydrazine groups is 1. The van der Waals surface area contributed by atoms with Gasteiger partial charge < -0.3 is 0 Å². The minimum atomic E-state index is 0.211. The van der Waals surface area contributed by atoms with Crippen LogP contribution in [0.5, 0.6) is 0 Å². The van der Waals surface area contributed by atoms with Crippen molar-refractivity contribution < 1.29 is 0 Å². The van der Waals surface area contributed by atoms with Gasteiger partial charge in [-0.3, -0.25) is 16.3 Å². The number of nitrogens with one attached hydrogen (secondary N) is 1. The Bertz CT molecular complexity index is 595. The predicted octanol–water partition coefficient (Wildman–Crippen LogP) is 3.81.